The van der Waals surface area contributed by atoms with Gasteiger partial charge in [0.2, 0.25) is 0 Å². The van der Waals surface area contributed by atoms with Crippen LogP contribution in [-0.4, -0.2) is 11.1 Å². The molecule has 0 unspecified atom stereocenters. The van der Waals surface area contributed by atoms with Gasteiger partial charge in [-0.05, 0) is 70.9 Å². The van der Waals surface area contributed by atoms with Gasteiger partial charge >= 0.3 is 5.97 Å². The van der Waals surface area contributed by atoms with Crippen LogP contribution in [0.1, 0.15) is 84.4 Å². The lowest BCUT2D eigenvalue weighted by Gasteiger charge is -2.42. The Hall–Kier alpha value is -2.35. The first-order chi connectivity index (χ1) is 13.6. The first kappa shape index (κ1) is 22.9. The van der Waals surface area contributed by atoms with Crippen LogP contribution in [0, 0.1) is 0 Å². The molecule has 0 spiro atoms. The van der Waals surface area contributed by atoms with E-state index in [9.17, 15) is 4.79 Å². The first-order valence-electron chi connectivity index (χ1n) is 10.8. The fourth-order valence-electron chi connectivity index (χ4n) is 4.08. The molecule has 156 valence electrons. The number of allylic oxidation sites excluding steroid dienone is 6. The van der Waals surface area contributed by atoms with Crippen LogP contribution in [0.2, 0.25) is 0 Å². The lowest BCUT2D eigenvalue weighted by atomic mass is 9.63. The van der Waals surface area contributed by atoms with E-state index < -0.39 is 5.97 Å². The van der Waals surface area contributed by atoms with Crippen molar-refractivity contribution in [1.82, 2.24) is 0 Å². The first-order valence-corrected chi connectivity index (χ1v) is 10.8. The summed E-state index contributed by atoms with van der Waals surface area (Å²) in [5, 5.41) is 9.16. The summed E-state index contributed by atoms with van der Waals surface area (Å²) in [5.74, 6) is -0.874. The highest BCUT2D eigenvalue weighted by molar-refractivity contribution is 5.90. The molecule has 1 aromatic carbocycles. The van der Waals surface area contributed by atoms with Gasteiger partial charge in [-0.1, -0.05) is 84.0 Å². The summed E-state index contributed by atoms with van der Waals surface area (Å²) in [7, 11) is 0. The summed E-state index contributed by atoms with van der Waals surface area (Å²) in [5.41, 5.74) is 7.21. The fourth-order valence-corrected chi connectivity index (χ4v) is 4.08. The molecule has 0 fully saturated rings. The SMILES string of the molecule is C/C(=C\C1=CCC=C(C(=O)O)C=C1)c1ccc2c(c1)C(C)(C)CCC2(C)C.CC. The van der Waals surface area contributed by atoms with Crippen molar-refractivity contribution in [2.45, 2.75) is 78.6 Å². The van der Waals surface area contributed by atoms with Crippen molar-refractivity contribution in [2.75, 3.05) is 0 Å². The maximum absolute atomic E-state index is 11.1. The minimum Gasteiger partial charge on any atom is -0.478 e. The van der Waals surface area contributed by atoms with Crippen LogP contribution in [0.4, 0.5) is 0 Å². The van der Waals surface area contributed by atoms with E-state index in [4.69, 9.17) is 5.11 Å². The van der Waals surface area contributed by atoms with Crippen LogP contribution < -0.4 is 0 Å². The van der Waals surface area contributed by atoms with E-state index in [1.165, 1.54) is 35.1 Å². The number of carboxylic acid groups (broad SMARTS) is 1. The zero-order valence-corrected chi connectivity index (χ0v) is 19.1. The van der Waals surface area contributed by atoms with Crippen molar-refractivity contribution < 1.29 is 9.90 Å². The maximum atomic E-state index is 11.1. The lowest BCUT2D eigenvalue weighted by molar-refractivity contribution is -0.132. The van der Waals surface area contributed by atoms with E-state index in [1.54, 1.807) is 12.2 Å². The Morgan fingerprint density at radius 2 is 1.59 bits per heavy atom. The van der Waals surface area contributed by atoms with E-state index in [0.29, 0.717) is 12.0 Å². The van der Waals surface area contributed by atoms with Crippen molar-refractivity contribution in [3.8, 4) is 0 Å². The number of hydrogen-bond acceptors (Lipinski definition) is 1. The normalized spacial score (nSPS) is 19.8. The minimum atomic E-state index is -0.874. The van der Waals surface area contributed by atoms with E-state index >= 15 is 0 Å². The molecule has 0 bridgehead atoms. The number of carboxylic acids is 1. The standard InChI is InChI=1S/C25H30O2.C2H6/c1-17(15-18-7-6-8-19(10-9-18)23(26)27)20-11-12-21-22(16-20)25(4,5)14-13-24(21,2)3;1-2/h7-12,15-16H,6,13-14H2,1-5H3,(H,26,27);1-2H3/b17-15+;. The number of aliphatic carboxylic acids is 1. The molecule has 2 aliphatic rings. The van der Waals surface area contributed by atoms with Crippen molar-refractivity contribution in [1.29, 1.82) is 0 Å². The Morgan fingerprint density at radius 3 is 2.21 bits per heavy atom. The molecule has 29 heavy (non-hydrogen) atoms. The Morgan fingerprint density at radius 1 is 0.966 bits per heavy atom. The third-order valence-corrected chi connectivity index (χ3v) is 6.08. The minimum absolute atomic E-state index is 0.197. The Balaban J connectivity index is 0.00000145. The average Bonchev–Trinajstić information content (AvgIpc) is 2.92. The topological polar surface area (TPSA) is 37.3 Å². The van der Waals surface area contributed by atoms with Gasteiger partial charge in [-0.2, -0.15) is 0 Å². The largest absolute Gasteiger partial charge is 0.478 e. The fraction of sp³-hybridized carbons (Fsp3) is 0.444. The number of rotatable bonds is 3. The number of carbonyl (C=O) groups is 1. The van der Waals surface area contributed by atoms with E-state index in [2.05, 4.69) is 65.0 Å². The molecular formula is C27H36O2. The van der Waals surface area contributed by atoms with Crippen molar-refractivity contribution in [3.05, 3.63) is 76.4 Å². The monoisotopic (exact) mass is 392 g/mol. The van der Waals surface area contributed by atoms with Gasteiger partial charge in [0, 0.05) is 0 Å². The molecule has 0 saturated heterocycles. The van der Waals surface area contributed by atoms with Gasteiger partial charge < -0.3 is 5.11 Å². The van der Waals surface area contributed by atoms with Gasteiger partial charge in [-0.3, -0.25) is 0 Å². The Kier molecular flexibility index (Phi) is 7.11. The van der Waals surface area contributed by atoms with Crippen LogP contribution in [0.25, 0.3) is 5.57 Å². The Labute approximate surface area is 176 Å². The summed E-state index contributed by atoms with van der Waals surface area (Å²) >= 11 is 0. The van der Waals surface area contributed by atoms with Crippen molar-refractivity contribution >= 4 is 11.5 Å². The summed E-state index contributed by atoms with van der Waals surface area (Å²) in [6, 6.07) is 6.91. The molecule has 0 saturated carbocycles. The second-order valence-corrected chi connectivity index (χ2v) is 9.09. The maximum Gasteiger partial charge on any atom is 0.335 e. The van der Waals surface area contributed by atoms with E-state index in [1.807, 2.05) is 19.9 Å². The summed E-state index contributed by atoms with van der Waals surface area (Å²) in [4.78, 5) is 11.1. The highest BCUT2D eigenvalue weighted by Gasteiger charge is 2.36. The van der Waals surface area contributed by atoms with Gasteiger partial charge in [-0.15, -0.1) is 0 Å². The third-order valence-electron chi connectivity index (χ3n) is 6.08. The molecule has 0 heterocycles. The highest BCUT2D eigenvalue weighted by Crippen LogP contribution is 2.46. The molecular weight excluding hydrogens is 356 g/mol. The molecule has 0 radical (unpaired) electrons. The van der Waals surface area contributed by atoms with Crippen LogP contribution >= 0.6 is 0 Å². The number of fused-ring (bicyclic) bond motifs is 1. The lowest BCUT2D eigenvalue weighted by Crippen LogP contribution is -2.33. The molecule has 2 aliphatic carbocycles. The molecule has 3 rings (SSSR count). The van der Waals surface area contributed by atoms with Crippen molar-refractivity contribution in [2.24, 2.45) is 0 Å². The second-order valence-electron chi connectivity index (χ2n) is 9.09. The van der Waals surface area contributed by atoms with Crippen LogP contribution in [0.3, 0.4) is 0 Å². The van der Waals surface area contributed by atoms with Gasteiger partial charge in [0.1, 0.15) is 0 Å². The number of benzene rings is 1. The quantitative estimate of drug-likeness (QED) is 0.583. The predicted octanol–water partition coefficient (Wildman–Crippen LogP) is 7.36. The van der Waals surface area contributed by atoms with Crippen LogP contribution in [-0.2, 0) is 15.6 Å². The van der Waals surface area contributed by atoms with Gasteiger partial charge in [0.15, 0.2) is 0 Å². The summed E-state index contributed by atoms with van der Waals surface area (Å²) in [6.07, 6.45) is 12.6. The van der Waals surface area contributed by atoms with Crippen LogP contribution in [0.15, 0.2) is 59.7 Å². The van der Waals surface area contributed by atoms with E-state index in [0.717, 1.165) is 5.57 Å². The molecule has 1 aromatic rings. The third kappa shape index (κ3) is 5.18. The number of hydrogen-bond donors (Lipinski definition) is 1. The van der Waals surface area contributed by atoms with Crippen LogP contribution in [0.5, 0.6) is 0 Å². The van der Waals surface area contributed by atoms with Gasteiger partial charge in [-0.25, -0.2) is 4.79 Å². The average molecular weight is 393 g/mol. The molecule has 0 aromatic heterocycles. The highest BCUT2D eigenvalue weighted by atomic mass is 16.4. The molecule has 0 aliphatic heterocycles. The van der Waals surface area contributed by atoms with E-state index in [-0.39, 0.29) is 10.8 Å². The smallest absolute Gasteiger partial charge is 0.335 e. The molecule has 0 amide bonds. The van der Waals surface area contributed by atoms with Crippen molar-refractivity contribution in [3.63, 3.8) is 0 Å². The zero-order chi connectivity index (χ0) is 21.8. The summed E-state index contributed by atoms with van der Waals surface area (Å²) in [6.45, 7) is 15.5. The van der Waals surface area contributed by atoms with Gasteiger partial charge in [0.25, 0.3) is 0 Å². The second kappa shape index (κ2) is 8.98. The summed E-state index contributed by atoms with van der Waals surface area (Å²) < 4.78 is 0. The Bertz CT molecular complexity index is 889. The predicted molar refractivity (Wildman–Crippen MR) is 124 cm³/mol. The molecule has 2 nitrogen and oxygen atoms in total. The molecule has 0 atom stereocenters. The molecule has 1 N–H and O–H groups in total. The molecule has 2 heteroatoms. The van der Waals surface area contributed by atoms with Gasteiger partial charge in [0.05, 0.1) is 5.57 Å². The zero-order valence-electron chi connectivity index (χ0n) is 19.1.